The van der Waals surface area contributed by atoms with Gasteiger partial charge < -0.3 is 0 Å². The third-order valence-electron chi connectivity index (χ3n) is 2.22. The van der Waals surface area contributed by atoms with Crippen LogP contribution in [0.25, 0.3) is 0 Å². The zero-order valence-electron chi connectivity index (χ0n) is 7.56. The largest absolute Gasteiger partial charge is 0.292 e. The van der Waals surface area contributed by atoms with Gasteiger partial charge in [-0.15, -0.1) is 5.92 Å². The second kappa shape index (κ2) is 4.41. The second-order valence-corrected chi connectivity index (χ2v) is 3.41. The van der Waals surface area contributed by atoms with Crippen LogP contribution in [0.2, 0.25) is 0 Å². The first kappa shape index (κ1) is 8.62. The van der Waals surface area contributed by atoms with Crippen LogP contribution in [0, 0.1) is 17.8 Å². The molecule has 1 atom stereocenters. The Balaban J connectivity index is 2.26. The number of piperidine rings is 1. The lowest BCUT2D eigenvalue weighted by Gasteiger charge is -2.28. The maximum atomic E-state index is 3.11. The van der Waals surface area contributed by atoms with E-state index >= 15 is 0 Å². The average Bonchev–Trinajstić information content (AvgIpc) is 2.01. The quantitative estimate of drug-likeness (QED) is 0.516. The van der Waals surface area contributed by atoms with Crippen molar-refractivity contribution < 1.29 is 0 Å². The topological polar surface area (TPSA) is 3.24 Å². The number of nitrogens with zero attached hydrogens (tertiary/aromatic N) is 1. The summed E-state index contributed by atoms with van der Waals surface area (Å²) in [6, 6.07) is 0. The van der Waals surface area contributed by atoms with E-state index in [1.54, 1.807) is 0 Å². The van der Waals surface area contributed by atoms with E-state index in [0.29, 0.717) is 0 Å². The van der Waals surface area contributed by atoms with Crippen molar-refractivity contribution in [1.29, 1.82) is 0 Å². The summed E-state index contributed by atoms with van der Waals surface area (Å²) >= 11 is 0. The molecule has 1 heteroatoms. The minimum absolute atomic E-state index is 0.877. The lowest BCUT2D eigenvalue weighted by atomic mass is 10.0. The van der Waals surface area contributed by atoms with Crippen LogP contribution < -0.4 is 0 Å². The molecule has 0 bridgehead atoms. The molecule has 0 aliphatic carbocycles. The maximum Gasteiger partial charge on any atom is 0.0601 e. The number of hydrogen-bond donors (Lipinski definition) is 0. The SMILES string of the molecule is CC#CCN1CCCC(C)C1. The minimum Gasteiger partial charge on any atom is -0.292 e. The Labute approximate surface area is 69.8 Å². The number of hydrogen-bond acceptors (Lipinski definition) is 1. The maximum absolute atomic E-state index is 3.11. The molecule has 0 N–H and O–H groups in total. The number of rotatable bonds is 1. The Bertz CT molecular complexity index is 163. The fourth-order valence-electron chi connectivity index (χ4n) is 1.62. The van der Waals surface area contributed by atoms with Gasteiger partial charge in [0.1, 0.15) is 0 Å². The molecule has 0 aromatic carbocycles. The van der Waals surface area contributed by atoms with Crippen molar-refractivity contribution in [2.45, 2.75) is 26.7 Å². The molecular weight excluding hydrogens is 134 g/mol. The van der Waals surface area contributed by atoms with Gasteiger partial charge in [0.05, 0.1) is 6.54 Å². The summed E-state index contributed by atoms with van der Waals surface area (Å²) in [5, 5.41) is 0. The summed E-state index contributed by atoms with van der Waals surface area (Å²) in [6.45, 7) is 7.70. The van der Waals surface area contributed by atoms with Crippen LogP contribution in [0.1, 0.15) is 26.7 Å². The Morgan fingerprint density at radius 2 is 2.36 bits per heavy atom. The molecule has 1 rings (SSSR count). The van der Waals surface area contributed by atoms with Gasteiger partial charge in [-0.1, -0.05) is 12.8 Å². The molecule has 0 aromatic heterocycles. The van der Waals surface area contributed by atoms with Gasteiger partial charge in [-0.3, -0.25) is 4.90 Å². The van der Waals surface area contributed by atoms with Gasteiger partial charge in [-0.2, -0.15) is 0 Å². The van der Waals surface area contributed by atoms with Crippen molar-refractivity contribution in [3.63, 3.8) is 0 Å². The van der Waals surface area contributed by atoms with Crippen molar-refractivity contribution in [3.8, 4) is 11.8 Å². The predicted molar refractivity (Wildman–Crippen MR) is 48.3 cm³/mol. The van der Waals surface area contributed by atoms with Crippen molar-refractivity contribution >= 4 is 0 Å². The van der Waals surface area contributed by atoms with Gasteiger partial charge in [-0.05, 0) is 32.2 Å². The second-order valence-electron chi connectivity index (χ2n) is 3.41. The first-order chi connectivity index (χ1) is 5.33. The van der Waals surface area contributed by atoms with Crippen molar-refractivity contribution in [2.75, 3.05) is 19.6 Å². The van der Waals surface area contributed by atoms with E-state index in [1.165, 1.54) is 25.9 Å². The van der Waals surface area contributed by atoms with Gasteiger partial charge in [0, 0.05) is 6.54 Å². The van der Waals surface area contributed by atoms with E-state index in [9.17, 15) is 0 Å². The molecule has 0 saturated carbocycles. The summed E-state index contributed by atoms with van der Waals surface area (Å²) in [5.74, 6) is 6.93. The Morgan fingerprint density at radius 3 is 3.00 bits per heavy atom. The summed E-state index contributed by atoms with van der Waals surface area (Å²) in [6.07, 6.45) is 2.75. The molecule has 1 aliphatic heterocycles. The molecule has 0 aromatic rings. The Kier molecular flexibility index (Phi) is 3.45. The van der Waals surface area contributed by atoms with E-state index in [-0.39, 0.29) is 0 Å². The van der Waals surface area contributed by atoms with Gasteiger partial charge in [-0.25, -0.2) is 0 Å². The minimum atomic E-state index is 0.877. The molecular formula is C10H17N. The van der Waals surface area contributed by atoms with Gasteiger partial charge in [0.2, 0.25) is 0 Å². The van der Waals surface area contributed by atoms with Crippen molar-refractivity contribution in [3.05, 3.63) is 0 Å². The zero-order valence-corrected chi connectivity index (χ0v) is 7.56. The van der Waals surface area contributed by atoms with Gasteiger partial charge in [0.15, 0.2) is 0 Å². The van der Waals surface area contributed by atoms with Gasteiger partial charge >= 0.3 is 0 Å². The Morgan fingerprint density at radius 1 is 1.55 bits per heavy atom. The average molecular weight is 151 g/mol. The molecule has 1 nitrogen and oxygen atoms in total. The molecule has 0 spiro atoms. The van der Waals surface area contributed by atoms with Crippen LogP contribution in [0.4, 0.5) is 0 Å². The van der Waals surface area contributed by atoms with E-state index in [4.69, 9.17) is 0 Å². The highest BCUT2D eigenvalue weighted by atomic mass is 15.1. The molecule has 1 fully saturated rings. The summed E-state index contributed by atoms with van der Waals surface area (Å²) in [4.78, 5) is 2.45. The van der Waals surface area contributed by atoms with E-state index in [1.807, 2.05) is 6.92 Å². The molecule has 0 amide bonds. The third kappa shape index (κ3) is 2.95. The lowest BCUT2D eigenvalue weighted by Crippen LogP contribution is -2.34. The van der Waals surface area contributed by atoms with E-state index < -0.39 is 0 Å². The molecule has 62 valence electrons. The lowest BCUT2D eigenvalue weighted by molar-refractivity contribution is 0.204. The van der Waals surface area contributed by atoms with Crippen LogP contribution in [-0.4, -0.2) is 24.5 Å². The predicted octanol–water partition coefficient (Wildman–Crippen LogP) is 1.74. The first-order valence-corrected chi connectivity index (χ1v) is 4.45. The van der Waals surface area contributed by atoms with Crippen molar-refractivity contribution in [2.24, 2.45) is 5.92 Å². The smallest absolute Gasteiger partial charge is 0.0601 e. The summed E-state index contributed by atoms with van der Waals surface area (Å²) in [5.41, 5.74) is 0. The highest BCUT2D eigenvalue weighted by Crippen LogP contribution is 2.14. The van der Waals surface area contributed by atoms with Crippen LogP contribution in [0.5, 0.6) is 0 Å². The third-order valence-corrected chi connectivity index (χ3v) is 2.22. The molecule has 1 unspecified atom stereocenters. The first-order valence-electron chi connectivity index (χ1n) is 4.45. The normalized spacial score (nSPS) is 25.8. The van der Waals surface area contributed by atoms with Crippen LogP contribution in [0.3, 0.4) is 0 Å². The van der Waals surface area contributed by atoms with Gasteiger partial charge in [0.25, 0.3) is 0 Å². The summed E-state index contributed by atoms with van der Waals surface area (Å²) < 4.78 is 0. The zero-order chi connectivity index (χ0) is 8.10. The Hall–Kier alpha value is -0.480. The van der Waals surface area contributed by atoms with E-state index in [2.05, 4.69) is 23.7 Å². The van der Waals surface area contributed by atoms with Crippen LogP contribution in [-0.2, 0) is 0 Å². The molecule has 1 heterocycles. The fourth-order valence-corrected chi connectivity index (χ4v) is 1.62. The highest BCUT2D eigenvalue weighted by Gasteiger charge is 2.14. The van der Waals surface area contributed by atoms with E-state index in [0.717, 1.165) is 12.5 Å². The standard InChI is InChI=1S/C10H17N/c1-3-4-7-11-8-5-6-10(2)9-11/h10H,5-9H2,1-2H3. The molecule has 1 saturated heterocycles. The molecule has 0 radical (unpaired) electrons. The van der Waals surface area contributed by atoms with Crippen molar-refractivity contribution in [1.82, 2.24) is 4.90 Å². The molecule has 11 heavy (non-hydrogen) atoms. The monoisotopic (exact) mass is 151 g/mol. The number of likely N-dealkylation sites (tertiary alicyclic amines) is 1. The summed E-state index contributed by atoms with van der Waals surface area (Å²) in [7, 11) is 0. The van der Waals surface area contributed by atoms with Crippen LogP contribution >= 0.6 is 0 Å². The fraction of sp³-hybridized carbons (Fsp3) is 0.800. The molecule has 1 aliphatic rings. The highest BCUT2D eigenvalue weighted by molar-refractivity contribution is 4.98. The van der Waals surface area contributed by atoms with Crippen LogP contribution in [0.15, 0.2) is 0 Å².